The highest BCUT2D eigenvalue weighted by Gasteiger charge is 2.63. The zero-order valence-corrected chi connectivity index (χ0v) is 24.1. The van der Waals surface area contributed by atoms with Crippen LogP contribution in [0.3, 0.4) is 0 Å². The van der Waals surface area contributed by atoms with Crippen molar-refractivity contribution in [3.8, 4) is 0 Å². The maximum absolute atomic E-state index is 12.1. The number of amides is 6. The van der Waals surface area contributed by atoms with E-state index in [1.54, 1.807) is 18.0 Å². The van der Waals surface area contributed by atoms with Gasteiger partial charge in [0.1, 0.15) is 17.4 Å². The number of hydrogen-bond donors (Lipinski definition) is 5. The minimum atomic E-state index is -1.27. The van der Waals surface area contributed by atoms with Crippen LogP contribution in [0.25, 0.3) is 0 Å². The summed E-state index contributed by atoms with van der Waals surface area (Å²) >= 11 is 6.95. The molecule has 4 fully saturated rings. The van der Waals surface area contributed by atoms with Crippen LogP contribution in [0.4, 0.5) is 9.59 Å². The van der Waals surface area contributed by atoms with Crippen LogP contribution in [0.2, 0.25) is 0 Å². The van der Waals surface area contributed by atoms with Crippen LogP contribution in [0.5, 0.6) is 0 Å². The Kier molecular flexibility index (Phi) is 6.09. The van der Waals surface area contributed by atoms with Gasteiger partial charge in [-0.05, 0) is 62.5 Å². The van der Waals surface area contributed by atoms with Crippen molar-refractivity contribution in [1.29, 1.82) is 0 Å². The van der Waals surface area contributed by atoms with E-state index in [2.05, 4.69) is 53.1 Å². The number of halogens is 2. The Labute approximate surface area is 246 Å². The summed E-state index contributed by atoms with van der Waals surface area (Å²) in [5.74, 6) is -0.263. The van der Waals surface area contributed by atoms with Crippen LogP contribution in [-0.2, 0) is 0 Å². The molecular weight excluding hydrogens is 652 g/mol. The van der Waals surface area contributed by atoms with Crippen LogP contribution < -0.4 is 21.3 Å². The molecule has 40 heavy (non-hydrogen) atoms. The number of nitrogens with zero attached hydrogens (tertiary/aromatic N) is 4. The zero-order chi connectivity index (χ0) is 27.5. The third kappa shape index (κ3) is 3.46. The van der Waals surface area contributed by atoms with Gasteiger partial charge >= 0.3 is 12.1 Å². The summed E-state index contributed by atoms with van der Waals surface area (Å²) < 4.78 is 5.65. The highest BCUT2D eigenvalue weighted by Crippen LogP contribution is 2.46. The van der Waals surface area contributed by atoms with Gasteiger partial charge in [-0.2, -0.15) is 0 Å². The third-order valence-corrected chi connectivity index (χ3v) is 10.5. The molecule has 2 saturated carbocycles. The van der Waals surface area contributed by atoms with Crippen molar-refractivity contribution in [2.24, 2.45) is 0 Å². The largest absolute Gasteiger partial charge is 0.368 e. The molecule has 2 saturated heterocycles. The molecule has 2 aliphatic carbocycles. The van der Waals surface area contributed by atoms with Crippen molar-refractivity contribution in [2.45, 2.75) is 68.3 Å². The topological polar surface area (TPSA) is 153 Å². The summed E-state index contributed by atoms with van der Waals surface area (Å²) in [7, 11) is 3.38. The van der Waals surface area contributed by atoms with Crippen molar-refractivity contribution < 1.29 is 24.3 Å². The van der Waals surface area contributed by atoms with E-state index in [1.807, 2.05) is 34.4 Å². The molecule has 0 bridgehead atoms. The lowest BCUT2D eigenvalue weighted by Crippen LogP contribution is -2.56. The Morgan fingerprint density at radius 2 is 1.32 bits per heavy atom. The molecule has 13 nitrogen and oxygen atoms in total. The molecule has 0 spiro atoms. The van der Waals surface area contributed by atoms with Crippen molar-refractivity contribution in [2.75, 3.05) is 14.1 Å². The summed E-state index contributed by atoms with van der Waals surface area (Å²) in [6, 6.07) is 6.28. The first-order chi connectivity index (χ1) is 18.5. The molecule has 6 heterocycles. The highest BCUT2D eigenvalue weighted by atomic mass is 79.9. The second kappa shape index (κ2) is 8.98. The van der Waals surface area contributed by atoms with Gasteiger partial charge in [0.05, 0.1) is 45.5 Å². The van der Waals surface area contributed by atoms with Crippen molar-refractivity contribution >= 4 is 55.7 Å². The van der Waals surface area contributed by atoms with E-state index in [9.17, 15) is 24.3 Å². The number of nitrogens with one attached hydrogen (secondary N) is 4. The average Bonchev–Trinajstić information content (AvgIpc) is 3.70. The zero-order valence-electron chi connectivity index (χ0n) is 20.9. The molecule has 214 valence electrons. The van der Waals surface area contributed by atoms with E-state index in [1.165, 1.54) is 4.90 Å². The van der Waals surface area contributed by atoms with Gasteiger partial charge in [-0.1, -0.05) is 7.43 Å². The van der Waals surface area contributed by atoms with Gasteiger partial charge in [-0.15, -0.1) is 0 Å². The molecule has 0 unspecified atom stereocenters. The fourth-order valence-corrected chi connectivity index (χ4v) is 8.42. The standard InChI is InChI=1S/C12H13BrN4O3.C12H13BrN4O2.CH4/c1-16-11(19)15-9-8-6(4-12(9,16)20)17-5(10(18)14-8)2-3-7(17)13;1-16-6-4-7-10(9(6)15-12(16)19)14-11(18)5-2-3-8(13)17(5)7;/h2-3,6,8-9,20H,4H2,1H3,(H,14,18)(H,15,19);2-3,6-7,9-10H,4H2,1H3,(H,14,18)(H,15,19);1H4/t6-,8-,9-,12-;6-,7-,9-,10-;/m11./s1. The molecule has 15 heteroatoms. The maximum atomic E-state index is 12.1. The molecule has 0 radical (unpaired) electrons. The van der Waals surface area contributed by atoms with Crippen LogP contribution in [0.1, 0.15) is 53.3 Å². The molecule has 6 aliphatic rings. The average molecular weight is 682 g/mol. The number of carbonyl (C=O) groups excluding carboxylic acids is 4. The Morgan fingerprint density at radius 3 is 1.95 bits per heavy atom. The molecule has 5 N–H and O–H groups in total. The first-order valence-electron chi connectivity index (χ1n) is 12.7. The normalized spacial score (nSPS) is 36.0. The quantitative estimate of drug-likeness (QED) is 0.284. The van der Waals surface area contributed by atoms with Crippen LogP contribution >= 0.6 is 31.9 Å². The summed E-state index contributed by atoms with van der Waals surface area (Å²) in [6.07, 6.45) is 1.23. The molecule has 2 aromatic rings. The summed E-state index contributed by atoms with van der Waals surface area (Å²) in [6.45, 7) is 0. The number of likely N-dealkylation sites (N-methyl/N-ethyl adjacent to an activating group) is 2. The fourth-order valence-electron chi connectivity index (χ4n) is 7.25. The number of fused-ring (bicyclic) bond motifs is 10. The van der Waals surface area contributed by atoms with Crippen LogP contribution in [-0.4, -0.2) is 97.9 Å². The second-order valence-corrected chi connectivity index (χ2v) is 12.5. The van der Waals surface area contributed by atoms with Gasteiger partial charge in [-0.3, -0.25) is 14.5 Å². The van der Waals surface area contributed by atoms with Crippen molar-refractivity contribution in [3.05, 3.63) is 44.9 Å². The SMILES string of the molecule is C.CN1C(=O)N[C@@H]2[C@@H]3NC(=O)c4ccc(Br)n4[C@@H]3C[C@@]21O.CN1C(=O)N[C@H]2[C@@H]3NC(=O)c4ccc(Br)n4[C@@H]3C[C@H]21. The second-order valence-electron chi connectivity index (χ2n) is 10.9. The molecule has 0 aromatic carbocycles. The monoisotopic (exact) mass is 680 g/mol. The molecule has 8 atom stereocenters. The number of urea groups is 2. The van der Waals surface area contributed by atoms with Gasteiger partial charge < -0.3 is 40.4 Å². The smallest absolute Gasteiger partial charge is 0.319 e. The van der Waals surface area contributed by atoms with Crippen molar-refractivity contribution in [1.82, 2.24) is 40.2 Å². The minimum absolute atomic E-state index is 0. The van der Waals surface area contributed by atoms with Crippen LogP contribution in [0, 0.1) is 0 Å². The Morgan fingerprint density at radius 1 is 0.775 bits per heavy atom. The van der Waals surface area contributed by atoms with E-state index < -0.39 is 11.8 Å². The maximum Gasteiger partial charge on any atom is 0.319 e. The lowest BCUT2D eigenvalue weighted by Gasteiger charge is -2.32. The Bertz CT molecular complexity index is 1460. The van der Waals surface area contributed by atoms with Gasteiger partial charge in [0.2, 0.25) is 0 Å². The number of carbonyl (C=O) groups is 4. The van der Waals surface area contributed by atoms with E-state index in [-0.39, 0.29) is 67.6 Å². The minimum Gasteiger partial charge on any atom is -0.368 e. The Hall–Kier alpha value is -3.04. The number of aromatic nitrogens is 2. The van der Waals surface area contributed by atoms with Crippen molar-refractivity contribution in [3.63, 3.8) is 0 Å². The van der Waals surface area contributed by atoms with E-state index in [4.69, 9.17) is 0 Å². The summed E-state index contributed by atoms with van der Waals surface area (Å²) in [5, 5.41) is 22.5. The van der Waals surface area contributed by atoms with Gasteiger partial charge in [-0.25, -0.2) is 9.59 Å². The first-order valence-corrected chi connectivity index (χ1v) is 14.2. The predicted octanol–water partition coefficient (Wildman–Crippen LogP) is 1.36. The number of hydrogen-bond acceptors (Lipinski definition) is 5. The molecule has 6 amide bonds. The predicted molar refractivity (Wildman–Crippen MR) is 150 cm³/mol. The van der Waals surface area contributed by atoms with Gasteiger partial charge in [0.15, 0.2) is 5.72 Å². The van der Waals surface area contributed by atoms with E-state index in [0.29, 0.717) is 17.8 Å². The highest BCUT2D eigenvalue weighted by molar-refractivity contribution is 9.10. The molecule has 4 aliphatic heterocycles. The van der Waals surface area contributed by atoms with Gasteiger partial charge in [0.25, 0.3) is 11.8 Å². The fraction of sp³-hybridized carbons (Fsp3) is 0.520. The Balaban J connectivity index is 0.000000141. The number of rotatable bonds is 0. The van der Waals surface area contributed by atoms with E-state index in [0.717, 1.165) is 15.6 Å². The van der Waals surface area contributed by atoms with Crippen LogP contribution in [0.15, 0.2) is 33.5 Å². The molecular formula is C25H30Br2N8O5. The number of aliphatic hydroxyl groups is 1. The summed E-state index contributed by atoms with van der Waals surface area (Å²) in [4.78, 5) is 50.7. The van der Waals surface area contributed by atoms with E-state index >= 15 is 0 Å². The third-order valence-electron chi connectivity index (χ3n) is 9.21. The lowest BCUT2D eigenvalue weighted by molar-refractivity contribution is -0.0561. The first kappa shape index (κ1) is 27.1. The summed E-state index contributed by atoms with van der Waals surface area (Å²) in [5.41, 5.74) is -0.0249. The molecule has 2 aromatic heterocycles. The van der Waals surface area contributed by atoms with Gasteiger partial charge in [0, 0.05) is 20.5 Å². The molecule has 8 rings (SSSR count). The lowest BCUT2D eigenvalue weighted by atomic mass is 10.1.